The summed E-state index contributed by atoms with van der Waals surface area (Å²) in [5.74, 6) is -0.170. The molecule has 3 heteroatoms. The third kappa shape index (κ3) is 4.48. The van der Waals surface area contributed by atoms with Crippen molar-refractivity contribution in [1.29, 1.82) is 0 Å². The van der Waals surface area contributed by atoms with Gasteiger partial charge in [0.25, 0.3) is 0 Å². The Kier molecular flexibility index (Phi) is 5.14. The summed E-state index contributed by atoms with van der Waals surface area (Å²) in [7, 11) is 0. The Hall–Kier alpha value is -3.07. The predicted molar refractivity (Wildman–Crippen MR) is 98.7 cm³/mol. The molecule has 0 amide bonds. The number of rotatable bonds is 6. The molecule has 126 valence electrons. The first-order chi connectivity index (χ1) is 12.1. The fraction of sp³-hybridized carbons (Fsp3) is 0.136. The van der Waals surface area contributed by atoms with Gasteiger partial charge < -0.3 is 9.84 Å². The van der Waals surface area contributed by atoms with E-state index in [0.717, 1.165) is 27.8 Å². The van der Waals surface area contributed by atoms with Crippen molar-refractivity contribution in [1.82, 2.24) is 0 Å². The molecule has 0 atom stereocenters. The van der Waals surface area contributed by atoms with E-state index in [1.54, 1.807) is 6.07 Å². The second-order valence-electron chi connectivity index (χ2n) is 6.03. The molecule has 0 fully saturated rings. The van der Waals surface area contributed by atoms with Gasteiger partial charge >= 0.3 is 5.97 Å². The van der Waals surface area contributed by atoms with Gasteiger partial charge in [0, 0.05) is 0 Å². The van der Waals surface area contributed by atoms with Gasteiger partial charge in [-0.2, -0.15) is 0 Å². The van der Waals surface area contributed by atoms with Crippen molar-refractivity contribution in [3.8, 4) is 16.9 Å². The van der Waals surface area contributed by atoms with Gasteiger partial charge in [0.1, 0.15) is 12.4 Å². The van der Waals surface area contributed by atoms with E-state index in [4.69, 9.17) is 9.84 Å². The van der Waals surface area contributed by atoms with Crippen molar-refractivity contribution in [2.45, 2.75) is 20.0 Å². The summed E-state index contributed by atoms with van der Waals surface area (Å²) < 4.78 is 5.92. The van der Waals surface area contributed by atoms with Crippen LogP contribution in [0.1, 0.15) is 16.7 Å². The zero-order chi connectivity index (χ0) is 17.6. The average Bonchev–Trinajstić information content (AvgIpc) is 2.60. The minimum atomic E-state index is -0.851. The normalized spacial score (nSPS) is 10.4. The first-order valence-corrected chi connectivity index (χ1v) is 8.20. The Labute approximate surface area is 147 Å². The lowest BCUT2D eigenvalue weighted by molar-refractivity contribution is -0.136. The SMILES string of the molecule is Cc1ccccc1-c1cc(CC(=O)O)cc(OCc2ccccc2)c1. The summed E-state index contributed by atoms with van der Waals surface area (Å²) in [5, 5.41) is 9.14. The number of ether oxygens (including phenoxy) is 1. The number of hydrogen-bond acceptors (Lipinski definition) is 2. The minimum Gasteiger partial charge on any atom is -0.489 e. The number of hydrogen-bond donors (Lipinski definition) is 1. The molecular weight excluding hydrogens is 312 g/mol. The molecule has 0 aliphatic heterocycles. The number of aliphatic carboxylic acids is 1. The highest BCUT2D eigenvalue weighted by molar-refractivity contribution is 5.74. The fourth-order valence-electron chi connectivity index (χ4n) is 2.81. The van der Waals surface area contributed by atoms with Crippen molar-refractivity contribution in [2.24, 2.45) is 0 Å². The van der Waals surface area contributed by atoms with Crippen LogP contribution in [0, 0.1) is 6.92 Å². The van der Waals surface area contributed by atoms with E-state index in [9.17, 15) is 4.79 Å². The second-order valence-corrected chi connectivity index (χ2v) is 6.03. The molecule has 0 unspecified atom stereocenters. The molecule has 0 aliphatic carbocycles. The van der Waals surface area contributed by atoms with Crippen molar-refractivity contribution >= 4 is 5.97 Å². The first kappa shape index (κ1) is 16.8. The number of aryl methyl sites for hydroxylation is 1. The van der Waals surface area contributed by atoms with Crippen LogP contribution in [0.25, 0.3) is 11.1 Å². The van der Waals surface area contributed by atoms with Gasteiger partial charge in [-0.05, 0) is 46.9 Å². The zero-order valence-electron chi connectivity index (χ0n) is 14.1. The van der Waals surface area contributed by atoms with E-state index in [1.807, 2.05) is 73.7 Å². The number of carbonyl (C=O) groups is 1. The summed E-state index contributed by atoms with van der Waals surface area (Å²) in [6.07, 6.45) is -0.0264. The average molecular weight is 332 g/mol. The lowest BCUT2D eigenvalue weighted by atomic mass is 9.97. The molecule has 0 saturated heterocycles. The summed E-state index contributed by atoms with van der Waals surface area (Å²) in [5.41, 5.74) is 5.00. The predicted octanol–water partition coefficient (Wildman–Crippen LogP) is 4.87. The van der Waals surface area contributed by atoms with Crippen molar-refractivity contribution in [2.75, 3.05) is 0 Å². The zero-order valence-corrected chi connectivity index (χ0v) is 14.1. The molecule has 1 N–H and O–H groups in total. The van der Waals surface area contributed by atoms with Crippen LogP contribution < -0.4 is 4.74 Å². The van der Waals surface area contributed by atoms with E-state index in [-0.39, 0.29) is 6.42 Å². The maximum atomic E-state index is 11.1. The fourth-order valence-corrected chi connectivity index (χ4v) is 2.81. The smallest absolute Gasteiger partial charge is 0.307 e. The molecule has 0 heterocycles. The Morgan fingerprint density at radius 1 is 0.920 bits per heavy atom. The molecule has 0 spiro atoms. The quantitative estimate of drug-likeness (QED) is 0.700. The molecule has 3 nitrogen and oxygen atoms in total. The lowest BCUT2D eigenvalue weighted by Crippen LogP contribution is -2.02. The summed E-state index contributed by atoms with van der Waals surface area (Å²) in [6, 6.07) is 23.7. The largest absolute Gasteiger partial charge is 0.489 e. The van der Waals surface area contributed by atoms with E-state index >= 15 is 0 Å². The third-order valence-electron chi connectivity index (χ3n) is 4.03. The van der Waals surface area contributed by atoms with E-state index in [1.165, 1.54) is 0 Å². The third-order valence-corrected chi connectivity index (χ3v) is 4.03. The molecule has 0 saturated carbocycles. The number of carboxylic acid groups (broad SMARTS) is 1. The van der Waals surface area contributed by atoms with Gasteiger partial charge in [-0.1, -0.05) is 60.7 Å². The van der Waals surface area contributed by atoms with Gasteiger partial charge in [-0.15, -0.1) is 0 Å². The molecule has 0 aliphatic rings. The maximum Gasteiger partial charge on any atom is 0.307 e. The number of benzene rings is 3. The monoisotopic (exact) mass is 332 g/mol. The van der Waals surface area contributed by atoms with Crippen LogP contribution in [0.5, 0.6) is 5.75 Å². The molecular formula is C22H20O3. The summed E-state index contributed by atoms with van der Waals surface area (Å²) in [6.45, 7) is 2.49. The maximum absolute atomic E-state index is 11.1. The molecule has 3 aromatic carbocycles. The molecule has 3 aromatic rings. The van der Waals surface area contributed by atoms with Gasteiger partial charge in [0.15, 0.2) is 0 Å². The second kappa shape index (κ2) is 7.67. The van der Waals surface area contributed by atoms with Crippen LogP contribution in [0.4, 0.5) is 0 Å². The standard InChI is InChI=1S/C22H20O3/c1-16-7-5-6-10-21(16)19-11-18(13-22(23)24)12-20(14-19)25-15-17-8-3-2-4-9-17/h2-12,14H,13,15H2,1H3,(H,23,24). The highest BCUT2D eigenvalue weighted by Crippen LogP contribution is 2.29. The molecule has 0 aromatic heterocycles. The van der Waals surface area contributed by atoms with Crippen LogP contribution >= 0.6 is 0 Å². The van der Waals surface area contributed by atoms with Crippen LogP contribution in [-0.4, -0.2) is 11.1 Å². The van der Waals surface area contributed by atoms with Crippen LogP contribution in [-0.2, 0) is 17.8 Å². The molecule has 0 radical (unpaired) electrons. The van der Waals surface area contributed by atoms with E-state index in [2.05, 4.69) is 0 Å². The Bertz CT molecular complexity index is 869. The highest BCUT2D eigenvalue weighted by atomic mass is 16.5. The summed E-state index contributed by atoms with van der Waals surface area (Å²) >= 11 is 0. The first-order valence-electron chi connectivity index (χ1n) is 8.20. The van der Waals surface area contributed by atoms with Crippen LogP contribution in [0.3, 0.4) is 0 Å². The van der Waals surface area contributed by atoms with Gasteiger partial charge in [-0.3, -0.25) is 4.79 Å². The topological polar surface area (TPSA) is 46.5 Å². The number of carboxylic acids is 1. The van der Waals surface area contributed by atoms with E-state index in [0.29, 0.717) is 12.4 Å². The Morgan fingerprint density at radius 2 is 1.64 bits per heavy atom. The van der Waals surface area contributed by atoms with Gasteiger partial charge in [0.05, 0.1) is 6.42 Å². The lowest BCUT2D eigenvalue weighted by Gasteiger charge is -2.12. The summed E-state index contributed by atoms with van der Waals surface area (Å²) in [4.78, 5) is 11.1. The molecule has 25 heavy (non-hydrogen) atoms. The van der Waals surface area contributed by atoms with Crippen molar-refractivity contribution in [3.63, 3.8) is 0 Å². The Balaban J connectivity index is 1.92. The van der Waals surface area contributed by atoms with Gasteiger partial charge in [0.2, 0.25) is 0 Å². The van der Waals surface area contributed by atoms with Crippen LogP contribution in [0.2, 0.25) is 0 Å². The highest BCUT2D eigenvalue weighted by Gasteiger charge is 2.09. The van der Waals surface area contributed by atoms with E-state index < -0.39 is 5.97 Å². The van der Waals surface area contributed by atoms with Crippen molar-refractivity contribution in [3.05, 3.63) is 89.5 Å². The van der Waals surface area contributed by atoms with Gasteiger partial charge in [-0.25, -0.2) is 0 Å². The minimum absolute atomic E-state index is 0.0264. The molecule has 3 rings (SSSR count). The van der Waals surface area contributed by atoms with Crippen LogP contribution in [0.15, 0.2) is 72.8 Å². The van der Waals surface area contributed by atoms with Crippen molar-refractivity contribution < 1.29 is 14.6 Å². The molecule has 0 bridgehead atoms. The Morgan fingerprint density at radius 3 is 2.36 bits per heavy atom.